The van der Waals surface area contributed by atoms with Gasteiger partial charge in [0, 0.05) is 17.3 Å². The third kappa shape index (κ3) is 4.30. The number of anilines is 1. The van der Waals surface area contributed by atoms with Crippen molar-refractivity contribution in [3.63, 3.8) is 0 Å². The highest BCUT2D eigenvalue weighted by Gasteiger charge is 2.07. The van der Waals surface area contributed by atoms with Gasteiger partial charge >= 0.3 is 0 Å². The van der Waals surface area contributed by atoms with Gasteiger partial charge in [-0.05, 0) is 47.5 Å². The van der Waals surface area contributed by atoms with E-state index in [2.05, 4.69) is 10.3 Å². The van der Waals surface area contributed by atoms with Crippen LogP contribution in [-0.4, -0.2) is 16.8 Å². The number of benzene rings is 2. The van der Waals surface area contributed by atoms with Crippen LogP contribution in [0.1, 0.15) is 15.9 Å². The minimum absolute atomic E-state index is 0.129. The Labute approximate surface area is 149 Å². The number of rotatable bonds is 5. The summed E-state index contributed by atoms with van der Waals surface area (Å²) in [5, 5.41) is 2.70. The summed E-state index contributed by atoms with van der Waals surface area (Å²) in [6.45, 7) is 0. The van der Waals surface area contributed by atoms with Gasteiger partial charge in [-0.2, -0.15) is 0 Å². The summed E-state index contributed by atoms with van der Waals surface area (Å²) in [4.78, 5) is 27.5. The van der Waals surface area contributed by atoms with Crippen molar-refractivity contribution >= 4 is 17.6 Å². The Morgan fingerprint density at radius 1 is 1.00 bits per heavy atom. The van der Waals surface area contributed by atoms with E-state index in [1.54, 1.807) is 48.7 Å². The molecule has 2 amide bonds. The molecule has 0 saturated heterocycles. The lowest BCUT2D eigenvalue weighted by Gasteiger charge is -2.07. The number of primary amides is 1. The van der Waals surface area contributed by atoms with E-state index < -0.39 is 5.91 Å². The zero-order valence-electron chi connectivity index (χ0n) is 13.8. The standard InChI is InChI=1S/C20H16FN3O2/c21-17-7-4-13(5-8-17)10-19(25)24-18-9-6-16(12-23-18)14-2-1-3-15(11-14)20(22)26/h1-9,11-12H,10H2,(H2,22,26)(H,23,24,25). The molecule has 0 aliphatic rings. The maximum atomic E-state index is 12.9. The summed E-state index contributed by atoms with van der Waals surface area (Å²) in [6.07, 6.45) is 1.73. The van der Waals surface area contributed by atoms with Crippen molar-refractivity contribution in [2.45, 2.75) is 6.42 Å². The Balaban J connectivity index is 1.67. The van der Waals surface area contributed by atoms with E-state index in [0.29, 0.717) is 16.9 Å². The van der Waals surface area contributed by atoms with Gasteiger partial charge in [-0.1, -0.05) is 24.3 Å². The van der Waals surface area contributed by atoms with E-state index in [4.69, 9.17) is 5.73 Å². The fraction of sp³-hybridized carbons (Fsp3) is 0.0500. The molecule has 0 atom stereocenters. The normalized spacial score (nSPS) is 10.3. The third-order valence-corrected chi connectivity index (χ3v) is 3.79. The van der Waals surface area contributed by atoms with Crippen LogP contribution in [0.4, 0.5) is 10.2 Å². The van der Waals surface area contributed by atoms with Crippen molar-refractivity contribution in [1.29, 1.82) is 0 Å². The Morgan fingerprint density at radius 2 is 1.77 bits per heavy atom. The molecule has 6 heteroatoms. The summed E-state index contributed by atoms with van der Waals surface area (Å²) in [5.41, 5.74) is 8.02. The molecule has 3 aromatic rings. The van der Waals surface area contributed by atoms with Crippen LogP contribution in [0.25, 0.3) is 11.1 Å². The number of halogens is 1. The Morgan fingerprint density at radius 3 is 2.42 bits per heavy atom. The second-order valence-electron chi connectivity index (χ2n) is 5.73. The van der Waals surface area contributed by atoms with Crippen molar-refractivity contribution in [3.05, 3.63) is 83.8 Å². The van der Waals surface area contributed by atoms with Gasteiger partial charge in [-0.15, -0.1) is 0 Å². The average Bonchev–Trinajstić information content (AvgIpc) is 2.64. The number of hydrogen-bond donors (Lipinski definition) is 2. The SMILES string of the molecule is NC(=O)c1cccc(-c2ccc(NC(=O)Cc3ccc(F)cc3)nc2)c1. The predicted octanol–water partition coefficient (Wildman–Crippen LogP) is 3.17. The molecule has 2 aromatic carbocycles. The molecule has 0 radical (unpaired) electrons. The van der Waals surface area contributed by atoms with E-state index in [1.807, 2.05) is 6.07 Å². The van der Waals surface area contributed by atoms with Crippen LogP contribution in [0.2, 0.25) is 0 Å². The predicted molar refractivity (Wildman–Crippen MR) is 96.9 cm³/mol. The smallest absolute Gasteiger partial charge is 0.248 e. The first-order chi connectivity index (χ1) is 12.5. The first kappa shape index (κ1) is 17.3. The molecule has 0 fully saturated rings. The molecule has 0 aliphatic heterocycles. The fourth-order valence-electron chi connectivity index (χ4n) is 2.47. The van der Waals surface area contributed by atoms with Crippen molar-refractivity contribution in [2.75, 3.05) is 5.32 Å². The van der Waals surface area contributed by atoms with Crippen LogP contribution in [0.3, 0.4) is 0 Å². The molecule has 0 saturated carbocycles. The van der Waals surface area contributed by atoms with Gasteiger partial charge in [0.1, 0.15) is 11.6 Å². The first-order valence-corrected chi connectivity index (χ1v) is 7.92. The summed E-state index contributed by atoms with van der Waals surface area (Å²) in [7, 11) is 0. The van der Waals surface area contributed by atoms with Gasteiger partial charge < -0.3 is 11.1 Å². The number of nitrogens with one attached hydrogen (secondary N) is 1. The number of pyridine rings is 1. The summed E-state index contributed by atoms with van der Waals surface area (Å²) < 4.78 is 12.9. The molecule has 1 heterocycles. The van der Waals surface area contributed by atoms with Gasteiger partial charge in [0.05, 0.1) is 6.42 Å². The lowest BCUT2D eigenvalue weighted by atomic mass is 10.0. The zero-order chi connectivity index (χ0) is 18.5. The van der Waals surface area contributed by atoms with E-state index in [9.17, 15) is 14.0 Å². The van der Waals surface area contributed by atoms with Gasteiger partial charge in [-0.25, -0.2) is 9.37 Å². The molecule has 130 valence electrons. The molecule has 5 nitrogen and oxygen atoms in total. The van der Waals surface area contributed by atoms with E-state index in [0.717, 1.165) is 11.1 Å². The van der Waals surface area contributed by atoms with Crippen molar-refractivity contribution in [2.24, 2.45) is 5.73 Å². The quantitative estimate of drug-likeness (QED) is 0.742. The molecule has 0 spiro atoms. The van der Waals surface area contributed by atoms with Gasteiger partial charge in [-0.3, -0.25) is 9.59 Å². The third-order valence-electron chi connectivity index (χ3n) is 3.79. The number of carbonyl (C=O) groups is 2. The number of hydrogen-bond acceptors (Lipinski definition) is 3. The number of nitrogens with two attached hydrogens (primary N) is 1. The van der Waals surface area contributed by atoms with Crippen molar-refractivity contribution < 1.29 is 14.0 Å². The molecule has 26 heavy (non-hydrogen) atoms. The van der Waals surface area contributed by atoms with Crippen molar-refractivity contribution in [1.82, 2.24) is 4.98 Å². The monoisotopic (exact) mass is 349 g/mol. The molecule has 1 aromatic heterocycles. The van der Waals surface area contributed by atoms with Crippen LogP contribution in [-0.2, 0) is 11.2 Å². The van der Waals surface area contributed by atoms with Gasteiger partial charge in [0.25, 0.3) is 0 Å². The average molecular weight is 349 g/mol. The number of nitrogens with zero attached hydrogens (tertiary/aromatic N) is 1. The van der Waals surface area contributed by atoms with Crippen LogP contribution < -0.4 is 11.1 Å². The number of amides is 2. The fourth-order valence-corrected chi connectivity index (χ4v) is 2.47. The topological polar surface area (TPSA) is 85.1 Å². The molecule has 0 aliphatic carbocycles. The van der Waals surface area contributed by atoms with Crippen LogP contribution in [0.15, 0.2) is 66.9 Å². The Hall–Kier alpha value is -3.54. The Kier molecular flexibility index (Phi) is 5.03. The highest BCUT2D eigenvalue weighted by molar-refractivity contribution is 5.94. The summed E-state index contributed by atoms with van der Waals surface area (Å²) in [5.74, 6) is -0.671. The highest BCUT2D eigenvalue weighted by Crippen LogP contribution is 2.21. The lowest BCUT2D eigenvalue weighted by molar-refractivity contribution is -0.115. The van der Waals surface area contributed by atoms with Crippen molar-refractivity contribution in [3.8, 4) is 11.1 Å². The maximum absolute atomic E-state index is 12.9. The number of carbonyl (C=O) groups excluding carboxylic acids is 2. The van der Waals surface area contributed by atoms with Crippen LogP contribution in [0, 0.1) is 5.82 Å². The zero-order valence-corrected chi connectivity index (χ0v) is 13.8. The molecule has 0 unspecified atom stereocenters. The minimum atomic E-state index is -0.496. The van der Waals surface area contributed by atoms with Crippen LogP contribution in [0.5, 0.6) is 0 Å². The molecule has 0 bridgehead atoms. The maximum Gasteiger partial charge on any atom is 0.248 e. The molecule has 3 N–H and O–H groups in total. The second-order valence-corrected chi connectivity index (χ2v) is 5.73. The van der Waals surface area contributed by atoms with E-state index >= 15 is 0 Å². The van der Waals surface area contributed by atoms with Gasteiger partial charge in [0.15, 0.2) is 0 Å². The molecule has 3 rings (SSSR count). The number of aromatic nitrogens is 1. The molecular formula is C20H16FN3O2. The van der Waals surface area contributed by atoms with E-state index in [-0.39, 0.29) is 18.1 Å². The van der Waals surface area contributed by atoms with Gasteiger partial charge in [0.2, 0.25) is 11.8 Å². The van der Waals surface area contributed by atoms with Crippen LogP contribution >= 0.6 is 0 Å². The highest BCUT2D eigenvalue weighted by atomic mass is 19.1. The summed E-state index contributed by atoms with van der Waals surface area (Å²) in [6, 6.07) is 16.1. The minimum Gasteiger partial charge on any atom is -0.366 e. The lowest BCUT2D eigenvalue weighted by Crippen LogP contribution is -2.15. The largest absolute Gasteiger partial charge is 0.366 e. The molecular weight excluding hydrogens is 333 g/mol. The first-order valence-electron chi connectivity index (χ1n) is 7.92. The second kappa shape index (κ2) is 7.57. The Bertz CT molecular complexity index is 938. The summed E-state index contributed by atoms with van der Waals surface area (Å²) >= 11 is 0. The van der Waals surface area contributed by atoms with E-state index in [1.165, 1.54) is 12.1 Å².